The van der Waals surface area contributed by atoms with Crippen LogP contribution in [0.15, 0.2) is 24.3 Å². The molecule has 0 saturated carbocycles. The minimum absolute atomic E-state index is 0.277. The Kier molecular flexibility index (Phi) is 6.13. The monoisotopic (exact) mass is 268 g/mol. The molecule has 0 saturated heterocycles. The average molecular weight is 269 g/mol. The van der Waals surface area contributed by atoms with Gasteiger partial charge in [-0.25, -0.2) is 0 Å². The predicted octanol–water partition coefficient (Wildman–Crippen LogP) is 3.71. The molecule has 0 aliphatic rings. The highest BCUT2D eigenvalue weighted by atomic mass is 35.5. The number of hydrogen-bond donors (Lipinski definition) is 1. The summed E-state index contributed by atoms with van der Waals surface area (Å²) >= 11 is 6.02. The van der Waals surface area contributed by atoms with Crippen LogP contribution in [0.2, 0.25) is 5.02 Å². The average Bonchev–Trinajstić information content (AvgIpc) is 2.34. The van der Waals surface area contributed by atoms with Gasteiger partial charge in [-0.15, -0.1) is 0 Å². The van der Waals surface area contributed by atoms with Gasteiger partial charge < -0.3 is 5.73 Å². The van der Waals surface area contributed by atoms with Gasteiger partial charge in [0, 0.05) is 17.1 Å². The number of nitrogens with two attached hydrogens (primary N) is 1. The summed E-state index contributed by atoms with van der Waals surface area (Å²) in [6.45, 7) is 7.55. The second kappa shape index (κ2) is 7.13. The SMILES string of the molecule is CC(C)C(N)CCN(C)C(C)c1cccc(Cl)c1. The van der Waals surface area contributed by atoms with E-state index in [1.54, 1.807) is 0 Å². The van der Waals surface area contributed by atoms with Crippen LogP contribution < -0.4 is 5.73 Å². The van der Waals surface area contributed by atoms with Crippen molar-refractivity contribution in [3.63, 3.8) is 0 Å². The third-order valence-corrected chi connectivity index (χ3v) is 3.90. The van der Waals surface area contributed by atoms with Crippen molar-refractivity contribution >= 4 is 11.6 Å². The zero-order chi connectivity index (χ0) is 13.7. The maximum atomic E-state index is 6.08. The minimum atomic E-state index is 0.277. The first kappa shape index (κ1) is 15.5. The van der Waals surface area contributed by atoms with Gasteiger partial charge in [0.25, 0.3) is 0 Å². The van der Waals surface area contributed by atoms with Crippen molar-refractivity contribution in [3.8, 4) is 0 Å². The lowest BCUT2D eigenvalue weighted by molar-refractivity contribution is 0.243. The lowest BCUT2D eigenvalue weighted by Crippen LogP contribution is -2.32. The Hall–Kier alpha value is -0.570. The van der Waals surface area contributed by atoms with E-state index in [0.29, 0.717) is 12.0 Å². The molecular formula is C15H25ClN2. The quantitative estimate of drug-likeness (QED) is 0.852. The Morgan fingerprint density at radius 1 is 1.28 bits per heavy atom. The van der Waals surface area contributed by atoms with Gasteiger partial charge in [-0.3, -0.25) is 4.90 Å². The zero-order valence-corrected chi connectivity index (χ0v) is 12.6. The van der Waals surface area contributed by atoms with Crippen LogP contribution in [0, 0.1) is 5.92 Å². The lowest BCUT2D eigenvalue weighted by Gasteiger charge is -2.27. The standard InChI is InChI=1S/C15H25ClN2/c1-11(2)15(17)8-9-18(4)12(3)13-6-5-7-14(16)10-13/h5-7,10-12,15H,8-9,17H2,1-4H3. The molecule has 3 heteroatoms. The zero-order valence-electron chi connectivity index (χ0n) is 11.9. The van der Waals surface area contributed by atoms with Crippen LogP contribution in [-0.4, -0.2) is 24.5 Å². The van der Waals surface area contributed by atoms with Gasteiger partial charge in [-0.2, -0.15) is 0 Å². The number of nitrogens with zero attached hydrogens (tertiary/aromatic N) is 1. The summed E-state index contributed by atoms with van der Waals surface area (Å²) in [5.74, 6) is 0.542. The van der Waals surface area contributed by atoms with E-state index in [-0.39, 0.29) is 6.04 Å². The van der Waals surface area contributed by atoms with E-state index in [2.05, 4.69) is 38.8 Å². The van der Waals surface area contributed by atoms with E-state index in [0.717, 1.165) is 18.0 Å². The van der Waals surface area contributed by atoms with Crippen LogP contribution in [0.4, 0.5) is 0 Å². The van der Waals surface area contributed by atoms with E-state index in [1.807, 2.05) is 18.2 Å². The second-order valence-electron chi connectivity index (χ2n) is 5.41. The Bertz CT molecular complexity index is 365. The van der Waals surface area contributed by atoms with Gasteiger partial charge in [0.1, 0.15) is 0 Å². The summed E-state index contributed by atoms with van der Waals surface area (Å²) in [7, 11) is 2.14. The highest BCUT2D eigenvalue weighted by Crippen LogP contribution is 2.22. The molecule has 0 amide bonds. The molecule has 1 rings (SSSR count). The highest BCUT2D eigenvalue weighted by Gasteiger charge is 2.14. The fraction of sp³-hybridized carbons (Fsp3) is 0.600. The Morgan fingerprint density at radius 2 is 1.94 bits per heavy atom. The van der Waals surface area contributed by atoms with E-state index in [1.165, 1.54) is 5.56 Å². The third-order valence-electron chi connectivity index (χ3n) is 3.66. The summed E-state index contributed by atoms with van der Waals surface area (Å²) in [6.07, 6.45) is 1.03. The van der Waals surface area contributed by atoms with Crippen molar-refractivity contribution in [1.29, 1.82) is 0 Å². The van der Waals surface area contributed by atoms with Gasteiger partial charge in [-0.1, -0.05) is 37.6 Å². The van der Waals surface area contributed by atoms with E-state index in [4.69, 9.17) is 17.3 Å². The molecule has 2 atom stereocenters. The maximum absolute atomic E-state index is 6.08. The third kappa shape index (κ3) is 4.60. The van der Waals surface area contributed by atoms with Crippen molar-refractivity contribution in [3.05, 3.63) is 34.9 Å². The Labute approximate surface area is 116 Å². The molecule has 18 heavy (non-hydrogen) atoms. The molecule has 0 heterocycles. The van der Waals surface area contributed by atoms with Crippen molar-refractivity contribution < 1.29 is 0 Å². The molecule has 0 radical (unpaired) electrons. The predicted molar refractivity (Wildman–Crippen MR) is 79.9 cm³/mol. The maximum Gasteiger partial charge on any atom is 0.0409 e. The summed E-state index contributed by atoms with van der Waals surface area (Å²) < 4.78 is 0. The van der Waals surface area contributed by atoms with Crippen LogP contribution >= 0.6 is 11.6 Å². The normalized spacial score (nSPS) is 15.1. The first-order valence-electron chi connectivity index (χ1n) is 6.63. The molecule has 0 aromatic heterocycles. The summed E-state index contributed by atoms with van der Waals surface area (Å²) in [5, 5.41) is 0.798. The smallest absolute Gasteiger partial charge is 0.0409 e. The molecule has 2 unspecified atom stereocenters. The van der Waals surface area contributed by atoms with E-state index < -0.39 is 0 Å². The van der Waals surface area contributed by atoms with Gasteiger partial charge in [0.15, 0.2) is 0 Å². The van der Waals surface area contributed by atoms with Crippen molar-refractivity contribution in [2.24, 2.45) is 11.7 Å². The molecule has 1 aromatic rings. The minimum Gasteiger partial charge on any atom is -0.327 e. The van der Waals surface area contributed by atoms with Crippen LogP contribution in [0.3, 0.4) is 0 Å². The van der Waals surface area contributed by atoms with Crippen LogP contribution in [0.5, 0.6) is 0 Å². The fourth-order valence-corrected chi connectivity index (χ4v) is 2.10. The molecule has 102 valence electrons. The molecule has 2 nitrogen and oxygen atoms in total. The number of rotatable bonds is 6. The second-order valence-corrected chi connectivity index (χ2v) is 5.84. The molecule has 2 N–H and O–H groups in total. The molecule has 0 aliphatic heterocycles. The van der Waals surface area contributed by atoms with Gasteiger partial charge >= 0.3 is 0 Å². The van der Waals surface area contributed by atoms with Crippen molar-refractivity contribution in [1.82, 2.24) is 4.90 Å². The number of hydrogen-bond acceptors (Lipinski definition) is 2. The van der Waals surface area contributed by atoms with E-state index in [9.17, 15) is 0 Å². The first-order valence-corrected chi connectivity index (χ1v) is 7.01. The molecule has 0 aliphatic carbocycles. The first-order chi connectivity index (χ1) is 8.41. The Balaban J connectivity index is 2.53. The fourth-order valence-electron chi connectivity index (χ4n) is 1.90. The molecule has 0 fully saturated rings. The summed E-state index contributed by atoms with van der Waals surface area (Å²) in [4.78, 5) is 2.33. The number of halogens is 1. The lowest BCUT2D eigenvalue weighted by atomic mass is 10.0. The summed E-state index contributed by atoms with van der Waals surface area (Å²) in [6, 6.07) is 8.71. The van der Waals surface area contributed by atoms with Crippen LogP contribution in [0.25, 0.3) is 0 Å². The van der Waals surface area contributed by atoms with Gasteiger partial charge in [-0.05, 0) is 50.6 Å². The van der Waals surface area contributed by atoms with Crippen molar-refractivity contribution in [2.45, 2.75) is 39.3 Å². The van der Waals surface area contributed by atoms with Crippen LogP contribution in [0.1, 0.15) is 38.8 Å². The van der Waals surface area contributed by atoms with Gasteiger partial charge in [0.05, 0.1) is 0 Å². The van der Waals surface area contributed by atoms with Gasteiger partial charge in [0.2, 0.25) is 0 Å². The number of benzene rings is 1. The largest absolute Gasteiger partial charge is 0.327 e. The molecule has 0 spiro atoms. The molecule has 0 bridgehead atoms. The molecular weight excluding hydrogens is 244 g/mol. The summed E-state index contributed by atoms with van der Waals surface area (Å²) in [5.41, 5.74) is 7.33. The van der Waals surface area contributed by atoms with Crippen LogP contribution in [-0.2, 0) is 0 Å². The van der Waals surface area contributed by atoms with Crippen molar-refractivity contribution in [2.75, 3.05) is 13.6 Å². The van der Waals surface area contributed by atoms with E-state index >= 15 is 0 Å². The Morgan fingerprint density at radius 3 is 2.50 bits per heavy atom. The molecule has 1 aromatic carbocycles. The topological polar surface area (TPSA) is 29.3 Å². The highest BCUT2D eigenvalue weighted by molar-refractivity contribution is 6.30.